The summed E-state index contributed by atoms with van der Waals surface area (Å²) in [5.74, 6) is 1.82. The number of fused-ring (bicyclic) bond motifs is 2. The summed E-state index contributed by atoms with van der Waals surface area (Å²) in [6.45, 7) is 7.49. The topological polar surface area (TPSA) is 97.0 Å². The van der Waals surface area contributed by atoms with Crippen LogP contribution in [0.4, 0.5) is 0 Å². The molecule has 176 valence electrons. The number of benzene rings is 2. The average Bonchev–Trinajstić information content (AvgIpc) is 3.50. The maximum Gasteiger partial charge on any atom is 0.202 e. The SMILES string of the molecule is CCc1cc(O)ccc1-c1ccc2c(-c3n[nH]c(CN4CCN5CCCC[C@H]5C4)n3)n[nH]c2c1. The molecule has 0 unspecified atom stereocenters. The van der Waals surface area contributed by atoms with Gasteiger partial charge < -0.3 is 5.11 Å². The molecule has 4 aromatic rings. The van der Waals surface area contributed by atoms with Crippen LogP contribution in [0.15, 0.2) is 36.4 Å². The Morgan fingerprint density at radius 2 is 1.97 bits per heavy atom. The van der Waals surface area contributed by atoms with E-state index < -0.39 is 0 Å². The van der Waals surface area contributed by atoms with Crippen molar-refractivity contribution in [3.63, 3.8) is 0 Å². The van der Waals surface area contributed by atoms with Gasteiger partial charge in [0.25, 0.3) is 0 Å². The number of hydrogen-bond donors (Lipinski definition) is 3. The van der Waals surface area contributed by atoms with Crippen LogP contribution in [-0.4, -0.2) is 72.5 Å². The van der Waals surface area contributed by atoms with Crippen molar-refractivity contribution in [1.29, 1.82) is 0 Å². The number of H-pyrrole nitrogens is 2. The number of phenols is 1. The van der Waals surface area contributed by atoms with E-state index in [9.17, 15) is 5.11 Å². The molecule has 8 heteroatoms. The lowest BCUT2D eigenvalue weighted by molar-refractivity contribution is 0.0445. The minimum Gasteiger partial charge on any atom is -0.508 e. The number of aryl methyl sites for hydroxylation is 1. The molecule has 2 aliphatic rings. The number of aromatic hydroxyl groups is 1. The van der Waals surface area contributed by atoms with Crippen LogP contribution in [0.3, 0.4) is 0 Å². The lowest BCUT2D eigenvalue weighted by Gasteiger charge is -2.43. The second kappa shape index (κ2) is 8.85. The second-order valence-corrected chi connectivity index (χ2v) is 9.55. The molecule has 0 aliphatic carbocycles. The number of rotatable bonds is 5. The first kappa shape index (κ1) is 21.3. The van der Waals surface area contributed by atoms with Crippen molar-refractivity contribution in [3.8, 4) is 28.4 Å². The van der Waals surface area contributed by atoms with E-state index >= 15 is 0 Å². The number of piperidine rings is 1. The van der Waals surface area contributed by atoms with Gasteiger partial charge >= 0.3 is 0 Å². The van der Waals surface area contributed by atoms with Crippen LogP contribution in [0.1, 0.15) is 37.6 Å². The fraction of sp³-hybridized carbons (Fsp3) is 0.423. The maximum atomic E-state index is 9.84. The predicted octanol–water partition coefficient (Wildman–Crippen LogP) is 3.95. The molecule has 2 aromatic heterocycles. The first-order valence-corrected chi connectivity index (χ1v) is 12.4. The summed E-state index contributed by atoms with van der Waals surface area (Å²) in [6.07, 6.45) is 4.85. The van der Waals surface area contributed by atoms with E-state index in [1.807, 2.05) is 12.1 Å². The third kappa shape index (κ3) is 3.97. The molecular formula is C26H31N7O. The molecule has 2 aliphatic heterocycles. The van der Waals surface area contributed by atoms with Crippen LogP contribution in [0, 0.1) is 0 Å². The van der Waals surface area contributed by atoms with Crippen molar-refractivity contribution in [2.45, 2.75) is 45.2 Å². The molecular weight excluding hydrogens is 426 g/mol. The van der Waals surface area contributed by atoms with Crippen LogP contribution in [0.25, 0.3) is 33.5 Å². The van der Waals surface area contributed by atoms with E-state index in [1.165, 1.54) is 25.8 Å². The lowest BCUT2D eigenvalue weighted by Crippen LogP contribution is -2.54. The highest BCUT2D eigenvalue weighted by Gasteiger charge is 2.29. The smallest absolute Gasteiger partial charge is 0.202 e. The van der Waals surface area contributed by atoms with Gasteiger partial charge in [-0.2, -0.15) is 10.2 Å². The molecule has 2 saturated heterocycles. The Bertz CT molecular complexity index is 1310. The Morgan fingerprint density at radius 3 is 2.88 bits per heavy atom. The molecule has 0 radical (unpaired) electrons. The minimum absolute atomic E-state index is 0.298. The fourth-order valence-electron chi connectivity index (χ4n) is 5.56. The molecule has 8 nitrogen and oxygen atoms in total. The van der Waals surface area contributed by atoms with Gasteiger partial charge in [-0.3, -0.25) is 20.0 Å². The Kier molecular flexibility index (Phi) is 5.55. The van der Waals surface area contributed by atoms with Gasteiger partial charge in [0.15, 0.2) is 0 Å². The second-order valence-electron chi connectivity index (χ2n) is 9.55. The molecule has 1 atom stereocenters. The molecule has 4 heterocycles. The summed E-state index contributed by atoms with van der Waals surface area (Å²) < 4.78 is 0. The Hall–Kier alpha value is -3.23. The lowest BCUT2D eigenvalue weighted by atomic mass is 9.97. The van der Waals surface area contributed by atoms with Crippen LogP contribution < -0.4 is 0 Å². The third-order valence-corrected chi connectivity index (χ3v) is 7.38. The number of aromatic amines is 2. The van der Waals surface area contributed by atoms with Gasteiger partial charge in [0.05, 0.1) is 12.1 Å². The molecule has 0 amide bonds. The Labute approximate surface area is 199 Å². The quantitative estimate of drug-likeness (QED) is 0.420. The molecule has 34 heavy (non-hydrogen) atoms. The summed E-state index contributed by atoms with van der Waals surface area (Å²) in [6, 6.07) is 12.5. The number of aromatic nitrogens is 5. The number of nitrogens with zero attached hydrogens (tertiary/aromatic N) is 5. The van der Waals surface area contributed by atoms with Crippen molar-refractivity contribution in [2.24, 2.45) is 0 Å². The molecule has 0 saturated carbocycles. The van der Waals surface area contributed by atoms with Gasteiger partial charge in [-0.05, 0) is 66.8 Å². The number of phenolic OH excluding ortho intramolecular Hbond substituents is 1. The summed E-state index contributed by atoms with van der Waals surface area (Å²) in [7, 11) is 0. The zero-order valence-corrected chi connectivity index (χ0v) is 19.6. The molecule has 3 N–H and O–H groups in total. The fourth-order valence-corrected chi connectivity index (χ4v) is 5.56. The van der Waals surface area contributed by atoms with Crippen LogP contribution in [0.5, 0.6) is 5.75 Å². The van der Waals surface area contributed by atoms with Gasteiger partial charge in [0, 0.05) is 31.1 Å². The predicted molar refractivity (Wildman–Crippen MR) is 132 cm³/mol. The summed E-state index contributed by atoms with van der Waals surface area (Å²) in [5.41, 5.74) is 5.05. The van der Waals surface area contributed by atoms with Crippen molar-refractivity contribution in [1.82, 2.24) is 35.2 Å². The van der Waals surface area contributed by atoms with Crippen molar-refractivity contribution >= 4 is 10.9 Å². The molecule has 0 spiro atoms. The molecule has 0 bridgehead atoms. The van der Waals surface area contributed by atoms with Crippen LogP contribution in [-0.2, 0) is 13.0 Å². The summed E-state index contributed by atoms with van der Waals surface area (Å²) in [4.78, 5) is 9.93. The Balaban J connectivity index is 1.21. The molecule has 2 aromatic carbocycles. The van der Waals surface area contributed by atoms with Gasteiger partial charge in [-0.25, -0.2) is 4.98 Å². The van der Waals surface area contributed by atoms with Gasteiger partial charge in [0.2, 0.25) is 5.82 Å². The van der Waals surface area contributed by atoms with E-state index in [1.54, 1.807) is 6.07 Å². The van der Waals surface area contributed by atoms with E-state index in [2.05, 4.69) is 55.3 Å². The average molecular weight is 458 g/mol. The number of hydrogen-bond acceptors (Lipinski definition) is 6. The Morgan fingerprint density at radius 1 is 1.03 bits per heavy atom. The third-order valence-electron chi connectivity index (χ3n) is 7.38. The van der Waals surface area contributed by atoms with Gasteiger partial charge in [-0.1, -0.05) is 25.5 Å². The first-order valence-electron chi connectivity index (χ1n) is 12.4. The number of piperazine rings is 1. The first-order chi connectivity index (χ1) is 16.7. The number of nitrogens with one attached hydrogen (secondary N) is 2. The maximum absolute atomic E-state index is 9.84. The zero-order valence-electron chi connectivity index (χ0n) is 19.6. The van der Waals surface area contributed by atoms with E-state index in [0.29, 0.717) is 17.6 Å². The highest BCUT2D eigenvalue weighted by molar-refractivity contribution is 5.94. The minimum atomic E-state index is 0.298. The van der Waals surface area contributed by atoms with Crippen LogP contribution in [0.2, 0.25) is 0 Å². The summed E-state index contributed by atoms with van der Waals surface area (Å²) in [5, 5.41) is 26.2. The summed E-state index contributed by atoms with van der Waals surface area (Å²) >= 11 is 0. The van der Waals surface area contributed by atoms with E-state index in [-0.39, 0.29) is 0 Å². The van der Waals surface area contributed by atoms with Crippen molar-refractivity contribution in [3.05, 3.63) is 47.8 Å². The van der Waals surface area contributed by atoms with Gasteiger partial charge in [0.1, 0.15) is 17.3 Å². The van der Waals surface area contributed by atoms with Crippen LogP contribution >= 0.6 is 0 Å². The zero-order chi connectivity index (χ0) is 23.1. The highest BCUT2D eigenvalue weighted by Crippen LogP contribution is 2.32. The standard InChI is InChI=1S/C26H31N7O/c1-2-17-13-20(34)7-9-21(17)18-6-8-22-23(14-18)28-30-25(22)26-27-24(29-31-26)16-32-11-12-33-10-4-3-5-19(33)15-32/h6-9,13-14,19,34H,2-5,10-12,15-16H2,1H3,(H,28,30)(H,27,29,31)/t19-/m0/s1. The van der Waals surface area contributed by atoms with Crippen molar-refractivity contribution in [2.75, 3.05) is 26.2 Å². The van der Waals surface area contributed by atoms with Gasteiger partial charge in [-0.15, -0.1) is 0 Å². The largest absolute Gasteiger partial charge is 0.508 e. The monoisotopic (exact) mass is 457 g/mol. The molecule has 2 fully saturated rings. The van der Waals surface area contributed by atoms with E-state index in [4.69, 9.17) is 4.98 Å². The normalized spacial score (nSPS) is 19.5. The molecule has 6 rings (SSSR count). The van der Waals surface area contributed by atoms with Crippen molar-refractivity contribution < 1.29 is 5.11 Å². The highest BCUT2D eigenvalue weighted by atomic mass is 16.3. The van der Waals surface area contributed by atoms with E-state index in [0.717, 1.165) is 71.7 Å².